The van der Waals surface area contributed by atoms with Crippen LogP contribution in [-0.2, 0) is 27.3 Å². The molecule has 2 aliphatic rings. The quantitative estimate of drug-likeness (QED) is 0.602. The van der Waals surface area contributed by atoms with Crippen molar-refractivity contribution in [3.05, 3.63) is 64.1 Å². The van der Waals surface area contributed by atoms with Crippen LogP contribution in [0.5, 0.6) is 11.5 Å². The molecule has 0 atom stereocenters. The Morgan fingerprint density at radius 1 is 1.12 bits per heavy atom. The number of nitrogens with zero attached hydrogens (tertiary/aromatic N) is 2. The molecule has 176 valence electrons. The van der Waals surface area contributed by atoms with Crippen molar-refractivity contribution in [2.45, 2.75) is 13.0 Å². The largest absolute Gasteiger partial charge is 0.493 e. The second-order valence-electron chi connectivity index (χ2n) is 7.77. The summed E-state index contributed by atoms with van der Waals surface area (Å²) in [5.41, 5.74) is 7.97. The fourth-order valence-corrected chi connectivity index (χ4v) is 4.61. The number of fused-ring (bicyclic) bond motifs is 1. The lowest BCUT2D eigenvalue weighted by molar-refractivity contribution is -0.136. The van der Waals surface area contributed by atoms with Gasteiger partial charge in [0.1, 0.15) is 6.54 Å². The summed E-state index contributed by atoms with van der Waals surface area (Å²) < 4.78 is 10.6. The summed E-state index contributed by atoms with van der Waals surface area (Å²) in [5.74, 6) is -0.748. The number of thioether (sulfide) groups is 1. The number of rotatable bonds is 7. The number of hydrogen-bond acceptors (Lipinski definition) is 7. The van der Waals surface area contributed by atoms with E-state index in [0.717, 1.165) is 28.6 Å². The van der Waals surface area contributed by atoms with Crippen LogP contribution in [0.25, 0.3) is 6.08 Å². The first-order valence-corrected chi connectivity index (χ1v) is 11.4. The van der Waals surface area contributed by atoms with Crippen LogP contribution in [-0.4, -0.2) is 59.6 Å². The fraction of sp³-hybridized carbons (Fsp3) is 0.250. The minimum absolute atomic E-state index is 0.203. The van der Waals surface area contributed by atoms with Crippen LogP contribution in [0, 0.1) is 0 Å². The Labute approximate surface area is 200 Å². The van der Waals surface area contributed by atoms with Gasteiger partial charge in [-0.3, -0.25) is 24.1 Å². The van der Waals surface area contributed by atoms with Crippen molar-refractivity contribution in [3.63, 3.8) is 0 Å². The zero-order valence-electron chi connectivity index (χ0n) is 18.5. The molecule has 10 heteroatoms. The van der Waals surface area contributed by atoms with Crippen LogP contribution in [0.4, 0.5) is 4.79 Å². The van der Waals surface area contributed by atoms with E-state index in [1.54, 1.807) is 29.2 Å². The minimum atomic E-state index is -0.622. The van der Waals surface area contributed by atoms with Gasteiger partial charge in [0.25, 0.3) is 17.1 Å². The van der Waals surface area contributed by atoms with Gasteiger partial charge in [-0.1, -0.05) is 30.3 Å². The van der Waals surface area contributed by atoms with Crippen molar-refractivity contribution in [3.8, 4) is 11.5 Å². The Bertz CT molecular complexity index is 1190. The van der Waals surface area contributed by atoms with Gasteiger partial charge in [-0.25, -0.2) is 0 Å². The standard InChI is InChI=1S/C24H23N3O6S/c1-32-19-10-15(6-7-18(19)33-14-21(25)28)11-20-23(30)27(24(31)34-20)13-22(29)26-9-8-16-4-2-3-5-17(16)12-26/h2-7,10-11H,8-9,12-14H2,1H3,(H2,25,28). The maximum atomic E-state index is 12.9. The third kappa shape index (κ3) is 5.07. The Morgan fingerprint density at radius 2 is 1.88 bits per heavy atom. The van der Waals surface area contributed by atoms with Crippen molar-refractivity contribution < 1.29 is 28.7 Å². The lowest BCUT2D eigenvalue weighted by Gasteiger charge is -2.29. The van der Waals surface area contributed by atoms with E-state index in [0.29, 0.717) is 30.2 Å². The molecule has 0 saturated carbocycles. The van der Waals surface area contributed by atoms with E-state index in [1.165, 1.54) is 12.7 Å². The average molecular weight is 482 g/mol. The first kappa shape index (κ1) is 23.4. The van der Waals surface area contributed by atoms with Crippen LogP contribution in [0.3, 0.4) is 0 Å². The van der Waals surface area contributed by atoms with Crippen molar-refractivity contribution in [1.82, 2.24) is 9.80 Å². The van der Waals surface area contributed by atoms with Crippen molar-refractivity contribution in [2.75, 3.05) is 26.8 Å². The van der Waals surface area contributed by atoms with Gasteiger partial charge in [0, 0.05) is 13.1 Å². The highest BCUT2D eigenvalue weighted by molar-refractivity contribution is 8.18. The highest BCUT2D eigenvalue weighted by Gasteiger charge is 2.37. The van der Waals surface area contributed by atoms with Crippen LogP contribution in [0.15, 0.2) is 47.4 Å². The summed E-state index contributed by atoms with van der Waals surface area (Å²) in [7, 11) is 1.44. The Hall–Kier alpha value is -3.79. The molecule has 0 radical (unpaired) electrons. The Balaban J connectivity index is 1.44. The first-order valence-electron chi connectivity index (χ1n) is 10.5. The highest BCUT2D eigenvalue weighted by atomic mass is 32.2. The van der Waals surface area contributed by atoms with Gasteiger partial charge in [-0.2, -0.15) is 0 Å². The van der Waals surface area contributed by atoms with Crippen LogP contribution in [0.1, 0.15) is 16.7 Å². The molecule has 0 unspecified atom stereocenters. The molecule has 2 aromatic rings. The Kier molecular flexibility index (Phi) is 6.87. The van der Waals surface area contributed by atoms with Gasteiger partial charge in [-0.15, -0.1) is 0 Å². The van der Waals surface area contributed by atoms with E-state index in [-0.39, 0.29) is 24.0 Å². The van der Waals surface area contributed by atoms with Gasteiger partial charge in [0.15, 0.2) is 18.1 Å². The normalized spacial score (nSPS) is 16.6. The first-order chi connectivity index (χ1) is 16.4. The number of carbonyl (C=O) groups is 4. The molecule has 1 saturated heterocycles. The number of benzene rings is 2. The second kappa shape index (κ2) is 10.0. The number of nitrogens with two attached hydrogens (primary N) is 1. The van der Waals surface area contributed by atoms with E-state index in [1.807, 2.05) is 24.3 Å². The summed E-state index contributed by atoms with van der Waals surface area (Å²) in [6, 6.07) is 12.8. The molecule has 0 aromatic heterocycles. The van der Waals surface area contributed by atoms with Crippen molar-refractivity contribution >= 4 is 40.8 Å². The van der Waals surface area contributed by atoms with Crippen LogP contribution in [0.2, 0.25) is 0 Å². The molecule has 2 aromatic carbocycles. The molecule has 34 heavy (non-hydrogen) atoms. The van der Waals surface area contributed by atoms with E-state index in [2.05, 4.69) is 0 Å². The third-order valence-electron chi connectivity index (χ3n) is 5.51. The van der Waals surface area contributed by atoms with Crippen LogP contribution >= 0.6 is 11.8 Å². The summed E-state index contributed by atoms with van der Waals surface area (Å²) >= 11 is 0.780. The van der Waals surface area contributed by atoms with E-state index in [9.17, 15) is 19.2 Å². The van der Waals surface area contributed by atoms with E-state index in [4.69, 9.17) is 15.2 Å². The van der Waals surface area contributed by atoms with Gasteiger partial charge in [0.05, 0.1) is 12.0 Å². The molecule has 2 N–H and O–H groups in total. The maximum Gasteiger partial charge on any atom is 0.294 e. The molecule has 4 amide bonds. The number of imide groups is 1. The predicted octanol–water partition coefficient (Wildman–Crippen LogP) is 2.18. The summed E-state index contributed by atoms with van der Waals surface area (Å²) in [4.78, 5) is 52.0. The molecule has 2 aliphatic heterocycles. The number of hydrogen-bond donors (Lipinski definition) is 1. The number of ether oxygens (including phenoxy) is 2. The van der Waals surface area contributed by atoms with Gasteiger partial charge in [-0.05, 0) is 53.1 Å². The minimum Gasteiger partial charge on any atom is -0.493 e. The second-order valence-corrected chi connectivity index (χ2v) is 8.76. The molecule has 9 nitrogen and oxygen atoms in total. The number of amides is 4. The third-order valence-corrected chi connectivity index (χ3v) is 6.41. The smallest absolute Gasteiger partial charge is 0.294 e. The maximum absolute atomic E-state index is 12.9. The van der Waals surface area contributed by atoms with Gasteiger partial charge < -0.3 is 20.1 Å². The molecule has 2 heterocycles. The van der Waals surface area contributed by atoms with E-state index >= 15 is 0 Å². The fourth-order valence-electron chi connectivity index (χ4n) is 3.77. The molecule has 0 spiro atoms. The lowest BCUT2D eigenvalue weighted by Crippen LogP contribution is -2.44. The van der Waals surface area contributed by atoms with Gasteiger partial charge >= 0.3 is 0 Å². The monoisotopic (exact) mass is 481 g/mol. The van der Waals surface area contributed by atoms with Gasteiger partial charge in [0.2, 0.25) is 5.91 Å². The molecular formula is C24H23N3O6S. The molecule has 1 fully saturated rings. The lowest BCUT2D eigenvalue weighted by atomic mass is 10.00. The average Bonchev–Trinajstić information content (AvgIpc) is 3.09. The number of primary amides is 1. The summed E-state index contributed by atoms with van der Waals surface area (Å²) in [6.07, 6.45) is 2.29. The Morgan fingerprint density at radius 3 is 2.62 bits per heavy atom. The predicted molar refractivity (Wildman–Crippen MR) is 126 cm³/mol. The zero-order chi connectivity index (χ0) is 24.2. The van der Waals surface area contributed by atoms with Crippen LogP contribution < -0.4 is 15.2 Å². The topological polar surface area (TPSA) is 119 Å². The summed E-state index contributed by atoms with van der Waals surface area (Å²) in [6.45, 7) is 0.412. The molecule has 4 rings (SSSR count). The number of methoxy groups -OCH3 is 1. The van der Waals surface area contributed by atoms with E-state index < -0.39 is 17.1 Å². The summed E-state index contributed by atoms with van der Waals surface area (Å²) in [5, 5.41) is -0.490. The van der Waals surface area contributed by atoms with Crippen molar-refractivity contribution in [2.24, 2.45) is 5.73 Å². The highest BCUT2D eigenvalue weighted by Crippen LogP contribution is 2.34. The van der Waals surface area contributed by atoms with Crippen molar-refractivity contribution in [1.29, 1.82) is 0 Å². The number of carbonyl (C=O) groups excluding carboxylic acids is 4. The SMILES string of the molecule is COc1cc(C=C2SC(=O)N(CC(=O)N3CCc4ccccc4C3)C2=O)ccc1OCC(N)=O. The zero-order valence-corrected chi connectivity index (χ0v) is 19.3. The molecular weight excluding hydrogens is 458 g/mol. The molecule has 0 aliphatic carbocycles. The molecule has 0 bridgehead atoms.